The molecule has 0 aliphatic carbocycles. The fourth-order valence-electron chi connectivity index (χ4n) is 1.56. The molecular weight excluding hydrogens is 221 g/mol. The summed E-state index contributed by atoms with van der Waals surface area (Å²) in [6.07, 6.45) is 1.29. The van der Waals surface area contributed by atoms with Crippen LogP contribution in [0.1, 0.15) is 24.4 Å². The van der Waals surface area contributed by atoms with Gasteiger partial charge in [-0.2, -0.15) is 5.26 Å². The number of nitriles is 1. The highest BCUT2D eigenvalue weighted by atomic mass is 19.1. The maximum Gasteiger partial charge on any atom is 0.252 e. The molecular formula is C11H10FN5. The fourth-order valence-corrected chi connectivity index (χ4v) is 1.56. The lowest BCUT2D eigenvalue weighted by Crippen LogP contribution is -2.12. The van der Waals surface area contributed by atoms with Gasteiger partial charge in [0.2, 0.25) is 0 Å². The highest BCUT2D eigenvalue weighted by Crippen LogP contribution is 2.22. The first-order valence-electron chi connectivity index (χ1n) is 4.99. The molecule has 5 nitrogen and oxygen atoms in total. The van der Waals surface area contributed by atoms with Crippen LogP contribution < -0.4 is 5.73 Å². The van der Waals surface area contributed by atoms with E-state index in [0.717, 1.165) is 0 Å². The maximum absolute atomic E-state index is 13.8. The number of aromatic nitrogens is 3. The summed E-state index contributed by atoms with van der Waals surface area (Å²) in [4.78, 5) is 3.74. The Hall–Kier alpha value is -2.26. The van der Waals surface area contributed by atoms with Gasteiger partial charge in [0, 0.05) is 6.04 Å². The molecule has 1 heterocycles. The average molecular weight is 231 g/mol. The standard InChI is InChI=1S/C11H10FN5/c1-7(14)8-3-2-4-9(12)11(8)17-6-15-10(5-13)16-17/h2-4,6-7H,14H2,1H3/t7-/m0/s1. The Morgan fingerprint density at radius 1 is 1.53 bits per heavy atom. The van der Waals surface area contributed by atoms with Crippen LogP contribution in [0.2, 0.25) is 0 Å². The van der Waals surface area contributed by atoms with Crippen molar-refractivity contribution >= 4 is 0 Å². The highest BCUT2D eigenvalue weighted by molar-refractivity contribution is 5.43. The number of halogens is 1. The monoisotopic (exact) mass is 231 g/mol. The minimum Gasteiger partial charge on any atom is -0.324 e. The predicted octanol–water partition coefficient (Wildman–Crippen LogP) is 1.30. The summed E-state index contributed by atoms with van der Waals surface area (Å²) in [5.74, 6) is -0.460. The first kappa shape index (κ1) is 11.2. The Morgan fingerprint density at radius 2 is 2.29 bits per heavy atom. The summed E-state index contributed by atoms with van der Waals surface area (Å²) < 4.78 is 15.0. The summed E-state index contributed by atoms with van der Waals surface area (Å²) in [5, 5.41) is 12.5. The van der Waals surface area contributed by atoms with Gasteiger partial charge >= 0.3 is 0 Å². The second kappa shape index (κ2) is 4.31. The molecule has 0 saturated carbocycles. The summed E-state index contributed by atoms with van der Waals surface area (Å²) in [5.41, 5.74) is 6.61. The van der Waals surface area contributed by atoms with Crippen molar-refractivity contribution in [2.75, 3.05) is 0 Å². The molecule has 1 aromatic carbocycles. The second-order valence-electron chi connectivity index (χ2n) is 3.59. The molecule has 0 spiro atoms. The summed E-state index contributed by atoms with van der Waals surface area (Å²) in [6, 6.07) is 6.07. The molecule has 1 atom stereocenters. The first-order chi connectivity index (χ1) is 8.13. The van der Waals surface area contributed by atoms with Gasteiger partial charge < -0.3 is 5.73 Å². The third-order valence-corrected chi connectivity index (χ3v) is 2.33. The SMILES string of the molecule is C[C@H](N)c1cccc(F)c1-n1cnc(C#N)n1. The molecule has 0 fully saturated rings. The van der Waals surface area contributed by atoms with Gasteiger partial charge in [0.25, 0.3) is 5.82 Å². The van der Waals surface area contributed by atoms with Gasteiger partial charge in [0.1, 0.15) is 23.9 Å². The van der Waals surface area contributed by atoms with E-state index in [9.17, 15) is 4.39 Å². The van der Waals surface area contributed by atoms with Crippen LogP contribution in [-0.4, -0.2) is 14.8 Å². The van der Waals surface area contributed by atoms with Crippen molar-refractivity contribution in [1.29, 1.82) is 5.26 Å². The van der Waals surface area contributed by atoms with Crippen LogP contribution in [0.4, 0.5) is 4.39 Å². The minimum atomic E-state index is -0.450. The normalized spacial score (nSPS) is 12.1. The van der Waals surface area contributed by atoms with E-state index >= 15 is 0 Å². The van der Waals surface area contributed by atoms with Crippen LogP contribution in [0.3, 0.4) is 0 Å². The molecule has 0 unspecified atom stereocenters. The van der Waals surface area contributed by atoms with Crippen LogP contribution in [0.5, 0.6) is 0 Å². The number of hydrogen-bond donors (Lipinski definition) is 1. The Morgan fingerprint density at radius 3 is 2.88 bits per heavy atom. The van der Waals surface area contributed by atoms with E-state index in [-0.39, 0.29) is 17.6 Å². The van der Waals surface area contributed by atoms with E-state index in [1.54, 1.807) is 25.1 Å². The molecule has 2 aromatic rings. The van der Waals surface area contributed by atoms with Crippen LogP contribution in [0.25, 0.3) is 5.69 Å². The molecule has 2 N–H and O–H groups in total. The zero-order chi connectivity index (χ0) is 12.4. The number of nitrogens with two attached hydrogens (primary N) is 1. The van der Waals surface area contributed by atoms with Crippen molar-refractivity contribution in [1.82, 2.24) is 14.8 Å². The zero-order valence-corrected chi connectivity index (χ0v) is 9.13. The highest BCUT2D eigenvalue weighted by Gasteiger charge is 2.14. The zero-order valence-electron chi connectivity index (χ0n) is 9.13. The molecule has 0 aliphatic heterocycles. The second-order valence-corrected chi connectivity index (χ2v) is 3.59. The predicted molar refractivity (Wildman–Crippen MR) is 58.6 cm³/mol. The van der Waals surface area contributed by atoms with E-state index in [1.165, 1.54) is 17.1 Å². The molecule has 0 bridgehead atoms. The number of rotatable bonds is 2. The summed E-state index contributed by atoms with van der Waals surface area (Å²) in [6.45, 7) is 1.75. The molecule has 1 aromatic heterocycles. The number of benzene rings is 1. The third-order valence-electron chi connectivity index (χ3n) is 2.33. The van der Waals surface area contributed by atoms with Crippen LogP contribution >= 0.6 is 0 Å². The van der Waals surface area contributed by atoms with Gasteiger partial charge in [-0.3, -0.25) is 0 Å². The van der Waals surface area contributed by atoms with Crippen LogP contribution in [0.15, 0.2) is 24.5 Å². The minimum absolute atomic E-state index is 0.0103. The Bertz CT molecular complexity index is 582. The van der Waals surface area contributed by atoms with E-state index in [4.69, 9.17) is 11.0 Å². The van der Waals surface area contributed by atoms with Crippen LogP contribution in [-0.2, 0) is 0 Å². The van der Waals surface area contributed by atoms with Crippen molar-refractivity contribution in [3.05, 3.63) is 41.7 Å². The van der Waals surface area contributed by atoms with Gasteiger partial charge in [0.05, 0.1) is 0 Å². The van der Waals surface area contributed by atoms with E-state index < -0.39 is 5.82 Å². The van der Waals surface area contributed by atoms with Gasteiger partial charge in [0.15, 0.2) is 0 Å². The van der Waals surface area contributed by atoms with Gasteiger partial charge in [-0.05, 0) is 18.6 Å². The third kappa shape index (κ3) is 2.00. The molecule has 0 amide bonds. The molecule has 86 valence electrons. The quantitative estimate of drug-likeness (QED) is 0.844. The first-order valence-corrected chi connectivity index (χ1v) is 4.99. The van der Waals surface area contributed by atoms with Gasteiger partial charge in [-0.15, -0.1) is 5.10 Å². The molecule has 0 aliphatic rings. The lowest BCUT2D eigenvalue weighted by Gasteiger charge is -2.12. The largest absolute Gasteiger partial charge is 0.324 e. The van der Waals surface area contributed by atoms with Gasteiger partial charge in [-0.25, -0.2) is 14.1 Å². The number of nitrogens with zero attached hydrogens (tertiary/aromatic N) is 4. The molecule has 6 heteroatoms. The summed E-state index contributed by atoms with van der Waals surface area (Å²) >= 11 is 0. The lowest BCUT2D eigenvalue weighted by atomic mass is 10.1. The Labute approximate surface area is 97.3 Å². The Balaban J connectivity index is 2.62. The van der Waals surface area contributed by atoms with Crippen molar-refractivity contribution in [3.8, 4) is 11.8 Å². The van der Waals surface area contributed by atoms with Crippen molar-refractivity contribution in [2.45, 2.75) is 13.0 Å². The topological polar surface area (TPSA) is 80.5 Å². The molecule has 0 radical (unpaired) electrons. The smallest absolute Gasteiger partial charge is 0.252 e. The van der Waals surface area contributed by atoms with Crippen LogP contribution in [0, 0.1) is 17.1 Å². The van der Waals surface area contributed by atoms with E-state index in [2.05, 4.69) is 10.1 Å². The molecule has 0 saturated heterocycles. The van der Waals surface area contributed by atoms with Crippen molar-refractivity contribution < 1.29 is 4.39 Å². The van der Waals surface area contributed by atoms with E-state index in [0.29, 0.717) is 5.56 Å². The maximum atomic E-state index is 13.8. The number of para-hydroxylation sites is 1. The molecule has 2 rings (SSSR count). The van der Waals surface area contributed by atoms with Crippen molar-refractivity contribution in [2.24, 2.45) is 5.73 Å². The summed E-state index contributed by atoms with van der Waals surface area (Å²) in [7, 11) is 0. The number of hydrogen-bond acceptors (Lipinski definition) is 4. The Kier molecular flexibility index (Phi) is 2.85. The molecule has 17 heavy (non-hydrogen) atoms. The fraction of sp³-hybridized carbons (Fsp3) is 0.182. The lowest BCUT2D eigenvalue weighted by molar-refractivity contribution is 0.602. The average Bonchev–Trinajstić information content (AvgIpc) is 2.76. The van der Waals surface area contributed by atoms with Gasteiger partial charge in [-0.1, -0.05) is 12.1 Å². The van der Waals surface area contributed by atoms with E-state index in [1.807, 2.05) is 0 Å². The van der Waals surface area contributed by atoms with Crippen molar-refractivity contribution in [3.63, 3.8) is 0 Å².